The van der Waals surface area contributed by atoms with Crippen LogP contribution in [0.2, 0.25) is 0 Å². The van der Waals surface area contributed by atoms with Crippen LogP contribution in [0.25, 0.3) is 11.0 Å². The van der Waals surface area contributed by atoms with Gasteiger partial charge in [0.15, 0.2) is 0 Å². The predicted octanol–water partition coefficient (Wildman–Crippen LogP) is 3.18. The molecule has 1 aromatic heterocycles. The molecule has 1 atom stereocenters. The van der Waals surface area contributed by atoms with Crippen molar-refractivity contribution in [3.63, 3.8) is 0 Å². The molecule has 1 saturated heterocycles. The lowest BCUT2D eigenvalue weighted by atomic mass is 10.1. The number of H-pyrrole nitrogens is 1. The topological polar surface area (TPSA) is 78.1 Å². The quantitative estimate of drug-likeness (QED) is 0.760. The van der Waals surface area contributed by atoms with Gasteiger partial charge in [-0.2, -0.15) is 0 Å². The van der Waals surface area contributed by atoms with E-state index in [1.54, 1.807) is 17.0 Å². The summed E-state index contributed by atoms with van der Waals surface area (Å²) >= 11 is 0. The summed E-state index contributed by atoms with van der Waals surface area (Å²) in [5.74, 6) is 0.634. The Hall–Kier alpha value is -3.15. The zero-order valence-corrected chi connectivity index (χ0v) is 14.5. The largest absolute Gasteiger partial charge is 0.342 e. The maximum absolute atomic E-state index is 12.6. The normalized spacial score (nSPS) is 15.4. The fourth-order valence-electron chi connectivity index (χ4n) is 3.26. The van der Waals surface area contributed by atoms with Crippen molar-refractivity contribution in [1.29, 1.82) is 0 Å². The highest BCUT2D eigenvalue weighted by Crippen LogP contribution is 2.23. The van der Waals surface area contributed by atoms with Crippen LogP contribution >= 0.6 is 0 Å². The number of rotatable bonds is 4. The van der Waals surface area contributed by atoms with Gasteiger partial charge in [0.1, 0.15) is 5.82 Å². The van der Waals surface area contributed by atoms with Crippen molar-refractivity contribution in [2.24, 2.45) is 0 Å². The van der Waals surface area contributed by atoms with Crippen LogP contribution in [0.4, 0.5) is 5.69 Å². The molecule has 0 unspecified atom stereocenters. The third-order valence-corrected chi connectivity index (χ3v) is 4.66. The molecule has 6 nitrogen and oxygen atoms in total. The van der Waals surface area contributed by atoms with Crippen LogP contribution in [-0.2, 0) is 4.79 Å². The average molecular weight is 348 g/mol. The second kappa shape index (κ2) is 6.63. The maximum Gasteiger partial charge on any atom is 0.251 e. The molecule has 0 spiro atoms. The molecule has 0 saturated carbocycles. The number of nitrogens with zero attached hydrogens (tertiary/aromatic N) is 2. The predicted molar refractivity (Wildman–Crippen MR) is 100 cm³/mol. The first kappa shape index (κ1) is 16.3. The van der Waals surface area contributed by atoms with Crippen LogP contribution in [0.15, 0.2) is 48.5 Å². The van der Waals surface area contributed by atoms with Crippen LogP contribution in [0.1, 0.15) is 42.0 Å². The molecule has 3 aromatic rings. The average Bonchev–Trinajstić information content (AvgIpc) is 3.27. The molecule has 2 heterocycles. The molecule has 1 aliphatic rings. The van der Waals surface area contributed by atoms with Crippen LogP contribution < -0.4 is 10.2 Å². The van der Waals surface area contributed by atoms with Crippen molar-refractivity contribution in [2.75, 3.05) is 11.4 Å². The third-order valence-electron chi connectivity index (χ3n) is 4.66. The van der Waals surface area contributed by atoms with E-state index in [0.717, 1.165) is 23.1 Å². The molecule has 0 bridgehead atoms. The van der Waals surface area contributed by atoms with Gasteiger partial charge in [-0.15, -0.1) is 0 Å². The van der Waals surface area contributed by atoms with Crippen molar-refractivity contribution in [3.8, 4) is 0 Å². The van der Waals surface area contributed by atoms with Gasteiger partial charge in [-0.05, 0) is 43.7 Å². The van der Waals surface area contributed by atoms with Gasteiger partial charge >= 0.3 is 0 Å². The summed E-state index contributed by atoms with van der Waals surface area (Å²) in [4.78, 5) is 34.1. The zero-order chi connectivity index (χ0) is 18.1. The molecule has 1 aliphatic heterocycles. The molecule has 4 rings (SSSR count). The van der Waals surface area contributed by atoms with Crippen molar-refractivity contribution in [1.82, 2.24) is 15.3 Å². The van der Waals surface area contributed by atoms with Gasteiger partial charge in [-0.25, -0.2) is 4.98 Å². The van der Waals surface area contributed by atoms with Gasteiger partial charge in [0.2, 0.25) is 5.91 Å². The molecule has 6 heteroatoms. The van der Waals surface area contributed by atoms with Gasteiger partial charge in [0, 0.05) is 24.2 Å². The minimum atomic E-state index is -0.257. The van der Waals surface area contributed by atoms with Crippen LogP contribution in [0, 0.1) is 0 Å². The van der Waals surface area contributed by atoms with E-state index < -0.39 is 0 Å². The second-order valence-corrected chi connectivity index (χ2v) is 6.53. The van der Waals surface area contributed by atoms with E-state index in [4.69, 9.17) is 0 Å². The molecule has 2 aromatic carbocycles. The molecule has 26 heavy (non-hydrogen) atoms. The Morgan fingerprint density at radius 1 is 1.23 bits per heavy atom. The Morgan fingerprint density at radius 3 is 2.85 bits per heavy atom. The number of aromatic amines is 1. The first-order valence-electron chi connectivity index (χ1n) is 8.78. The Morgan fingerprint density at radius 2 is 2.08 bits per heavy atom. The first-order valence-corrected chi connectivity index (χ1v) is 8.78. The minimum Gasteiger partial charge on any atom is -0.342 e. The van der Waals surface area contributed by atoms with E-state index >= 15 is 0 Å². The summed E-state index contributed by atoms with van der Waals surface area (Å²) in [6.07, 6.45) is 1.43. The van der Waals surface area contributed by atoms with E-state index in [2.05, 4.69) is 15.3 Å². The summed E-state index contributed by atoms with van der Waals surface area (Å²) in [7, 11) is 0. The number of para-hydroxylation sites is 2. The Labute approximate surface area is 151 Å². The van der Waals surface area contributed by atoms with Gasteiger partial charge in [0.05, 0.1) is 17.1 Å². The van der Waals surface area contributed by atoms with Crippen molar-refractivity contribution < 1.29 is 9.59 Å². The van der Waals surface area contributed by atoms with Crippen LogP contribution in [-0.4, -0.2) is 28.3 Å². The standard InChI is InChI=1S/C20H20N4O2/c1-13(19-22-16-8-2-3-9-17(16)23-19)21-20(26)14-6-4-7-15(12-14)24-11-5-10-18(24)25/h2-4,6-9,12-13H,5,10-11H2,1H3,(H,21,26)(H,22,23)/t13-/m0/s1. The van der Waals surface area contributed by atoms with E-state index in [1.165, 1.54) is 0 Å². The Bertz CT molecular complexity index is 946. The fourth-order valence-corrected chi connectivity index (χ4v) is 3.26. The summed E-state index contributed by atoms with van der Waals surface area (Å²) in [5, 5.41) is 2.97. The summed E-state index contributed by atoms with van der Waals surface area (Å²) in [6.45, 7) is 2.60. The lowest BCUT2D eigenvalue weighted by Gasteiger charge is -2.17. The molecular weight excluding hydrogens is 328 g/mol. The highest BCUT2D eigenvalue weighted by molar-refractivity contribution is 5.99. The molecule has 1 fully saturated rings. The zero-order valence-electron chi connectivity index (χ0n) is 14.5. The number of amides is 2. The SMILES string of the molecule is C[C@H](NC(=O)c1cccc(N2CCCC2=O)c1)c1nc2ccccc2[nH]1. The summed E-state index contributed by atoms with van der Waals surface area (Å²) < 4.78 is 0. The van der Waals surface area contributed by atoms with Gasteiger partial charge in [0.25, 0.3) is 5.91 Å². The third kappa shape index (κ3) is 3.06. The lowest BCUT2D eigenvalue weighted by molar-refractivity contribution is -0.117. The number of hydrogen-bond donors (Lipinski definition) is 2. The number of hydrogen-bond acceptors (Lipinski definition) is 3. The van der Waals surface area contributed by atoms with Crippen LogP contribution in [0.5, 0.6) is 0 Å². The molecule has 0 radical (unpaired) electrons. The molecule has 132 valence electrons. The molecule has 2 N–H and O–H groups in total. The van der Waals surface area contributed by atoms with E-state index in [-0.39, 0.29) is 17.9 Å². The number of imidazole rings is 1. The minimum absolute atomic E-state index is 0.109. The van der Waals surface area contributed by atoms with E-state index in [0.29, 0.717) is 24.4 Å². The number of carbonyl (C=O) groups excluding carboxylic acids is 2. The molecule has 2 amide bonds. The van der Waals surface area contributed by atoms with Gasteiger partial charge < -0.3 is 15.2 Å². The Kier molecular flexibility index (Phi) is 4.16. The lowest BCUT2D eigenvalue weighted by Crippen LogP contribution is -2.28. The second-order valence-electron chi connectivity index (χ2n) is 6.53. The first-order chi connectivity index (χ1) is 12.6. The maximum atomic E-state index is 12.6. The number of aromatic nitrogens is 2. The van der Waals surface area contributed by atoms with E-state index in [1.807, 2.05) is 43.3 Å². The number of nitrogens with one attached hydrogen (secondary N) is 2. The monoisotopic (exact) mass is 348 g/mol. The summed E-state index contributed by atoms with van der Waals surface area (Å²) in [6, 6.07) is 14.7. The van der Waals surface area contributed by atoms with Crippen LogP contribution in [0.3, 0.4) is 0 Å². The summed E-state index contributed by atoms with van der Waals surface area (Å²) in [5.41, 5.74) is 3.12. The van der Waals surface area contributed by atoms with Crippen molar-refractivity contribution in [2.45, 2.75) is 25.8 Å². The van der Waals surface area contributed by atoms with Gasteiger partial charge in [-0.3, -0.25) is 9.59 Å². The molecular formula is C20H20N4O2. The highest BCUT2D eigenvalue weighted by atomic mass is 16.2. The fraction of sp³-hybridized carbons (Fsp3) is 0.250. The smallest absolute Gasteiger partial charge is 0.251 e. The highest BCUT2D eigenvalue weighted by Gasteiger charge is 2.22. The van der Waals surface area contributed by atoms with Crippen molar-refractivity contribution >= 4 is 28.5 Å². The van der Waals surface area contributed by atoms with Gasteiger partial charge in [-0.1, -0.05) is 18.2 Å². The Balaban J connectivity index is 1.51. The number of benzene rings is 2. The number of anilines is 1. The van der Waals surface area contributed by atoms with Crippen molar-refractivity contribution in [3.05, 3.63) is 59.9 Å². The van der Waals surface area contributed by atoms with E-state index in [9.17, 15) is 9.59 Å². The number of carbonyl (C=O) groups is 2. The molecule has 0 aliphatic carbocycles. The number of fused-ring (bicyclic) bond motifs is 1.